The van der Waals surface area contributed by atoms with Crippen LogP contribution in [0.1, 0.15) is 11.3 Å². The Morgan fingerprint density at radius 3 is 2.43 bits per heavy atom. The number of ether oxygens (including phenoxy) is 1. The van der Waals surface area contributed by atoms with Gasteiger partial charge in [0.25, 0.3) is 0 Å². The van der Waals surface area contributed by atoms with Crippen LogP contribution in [-0.2, 0) is 11.9 Å². The molecule has 4 nitrogen and oxygen atoms in total. The number of hydrogen-bond donors (Lipinski definition) is 1. The first-order valence-electron chi connectivity index (χ1n) is 5.86. The van der Waals surface area contributed by atoms with Crippen LogP contribution in [0.15, 0.2) is 35.5 Å². The standard InChI is InChI=1S/C13H12F3N3OS/c1-20-9-4-2-8(3-5-9)7-21-12-18-10(13(14,15)16)6-11(17)19-12/h2-6H,7H2,1H3,(H2,17,18,19). The van der Waals surface area contributed by atoms with Gasteiger partial charge in [0.2, 0.25) is 0 Å². The predicted molar refractivity (Wildman–Crippen MR) is 74.0 cm³/mol. The fourth-order valence-electron chi connectivity index (χ4n) is 1.52. The Morgan fingerprint density at radius 2 is 1.86 bits per heavy atom. The summed E-state index contributed by atoms with van der Waals surface area (Å²) in [6, 6.07) is 7.91. The average Bonchev–Trinajstić information content (AvgIpc) is 2.44. The third-order valence-corrected chi connectivity index (χ3v) is 3.46. The number of aromatic nitrogens is 2. The third-order valence-electron chi connectivity index (χ3n) is 2.54. The zero-order valence-electron chi connectivity index (χ0n) is 11.0. The molecule has 2 aromatic rings. The van der Waals surface area contributed by atoms with Crippen molar-refractivity contribution in [2.45, 2.75) is 17.1 Å². The van der Waals surface area contributed by atoms with Gasteiger partial charge in [-0.25, -0.2) is 9.97 Å². The first-order chi connectivity index (χ1) is 9.88. The van der Waals surface area contributed by atoms with Gasteiger partial charge in [0.1, 0.15) is 11.6 Å². The van der Waals surface area contributed by atoms with E-state index in [1.807, 2.05) is 12.1 Å². The van der Waals surface area contributed by atoms with E-state index in [9.17, 15) is 13.2 Å². The van der Waals surface area contributed by atoms with Crippen molar-refractivity contribution in [3.8, 4) is 5.75 Å². The predicted octanol–water partition coefficient (Wildman–Crippen LogP) is 3.38. The lowest BCUT2D eigenvalue weighted by Gasteiger charge is -2.08. The highest BCUT2D eigenvalue weighted by molar-refractivity contribution is 7.98. The molecule has 2 rings (SSSR count). The maximum Gasteiger partial charge on any atom is 0.433 e. The van der Waals surface area contributed by atoms with E-state index in [-0.39, 0.29) is 11.0 Å². The van der Waals surface area contributed by atoms with Crippen molar-refractivity contribution in [1.82, 2.24) is 9.97 Å². The van der Waals surface area contributed by atoms with Gasteiger partial charge in [0, 0.05) is 11.8 Å². The van der Waals surface area contributed by atoms with Gasteiger partial charge in [-0.05, 0) is 17.7 Å². The van der Waals surface area contributed by atoms with Gasteiger partial charge in [-0.1, -0.05) is 23.9 Å². The number of rotatable bonds is 4. The maximum atomic E-state index is 12.6. The summed E-state index contributed by atoms with van der Waals surface area (Å²) in [5.74, 6) is 0.947. The van der Waals surface area contributed by atoms with Crippen LogP contribution in [0.2, 0.25) is 0 Å². The first-order valence-corrected chi connectivity index (χ1v) is 6.84. The quantitative estimate of drug-likeness (QED) is 0.692. The Balaban J connectivity index is 2.10. The number of methoxy groups -OCH3 is 1. The van der Waals surface area contributed by atoms with E-state index in [1.54, 1.807) is 19.2 Å². The fourth-order valence-corrected chi connectivity index (χ4v) is 2.34. The lowest BCUT2D eigenvalue weighted by Crippen LogP contribution is -2.10. The zero-order valence-corrected chi connectivity index (χ0v) is 11.8. The summed E-state index contributed by atoms with van der Waals surface area (Å²) in [6.45, 7) is 0. The van der Waals surface area contributed by atoms with Gasteiger partial charge in [0.05, 0.1) is 7.11 Å². The van der Waals surface area contributed by atoms with Gasteiger partial charge in [-0.2, -0.15) is 13.2 Å². The second kappa shape index (κ2) is 6.21. The van der Waals surface area contributed by atoms with E-state index in [0.717, 1.165) is 23.4 Å². The molecule has 0 unspecified atom stereocenters. The lowest BCUT2D eigenvalue weighted by molar-refractivity contribution is -0.141. The number of benzene rings is 1. The molecule has 8 heteroatoms. The summed E-state index contributed by atoms with van der Waals surface area (Å²) < 4.78 is 42.9. The van der Waals surface area contributed by atoms with Gasteiger partial charge in [0.15, 0.2) is 10.9 Å². The molecule has 1 aromatic heterocycles. The number of alkyl halides is 3. The molecular formula is C13H12F3N3OS. The lowest BCUT2D eigenvalue weighted by atomic mass is 10.2. The molecular weight excluding hydrogens is 303 g/mol. The van der Waals surface area contributed by atoms with E-state index in [0.29, 0.717) is 11.5 Å². The van der Waals surface area contributed by atoms with E-state index >= 15 is 0 Å². The number of hydrogen-bond acceptors (Lipinski definition) is 5. The number of nitrogens with zero attached hydrogens (tertiary/aromatic N) is 2. The highest BCUT2D eigenvalue weighted by atomic mass is 32.2. The third kappa shape index (κ3) is 4.25. The van der Waals surface area contributed by atoms with Crippen LogP contribution < -0.4 is 10.5 Å². The van der Waals surface area contributed by atoms with E-state index < -0.39 is 11.9 Å². The minimum atomic E-state index is -4.54. The Labute approximate surface area is 123 Å². The summed E-state index contributed by atoms with van der Waals surface area (Å²) in [4.78, 5) is 7.28. The van der Waals surface area contributed by atoms with Crippen LogP contribution >= 0.6 is 11.8 Å². The Morgan fingerprint density at radius 1 is 1.19 bits per heavy atom. The number of thioether (sulfide) groups is 1. The first kappa shape index (κ1) is 15.4. The molecule has 21 heavy (non-hydrogen) atoms. The van der Waals surface area contributed by atoms with Crippen LogP contribution in [0, 0.1) is 0 Å². The number of nitrogen functional groups attached to an aromatic ring is 1. The maximum absolute atomic E-state index is 12.6. The second-order valence-electron chi connectivity index (χ2n) is 4.10. The number of anilines is 1. The van der Waals surface area contributed by atoms with Crippen LogP contribution in [0.25, 0.3) is 0 Å². The van der Waals surface area contributed by atoms with E-state index in [1.165, 1.54) is 0 Å². The molecule has 0 saturated heterocycles. The molecule has 0 aliphatic carbocycles. The molecule has 0 fully saturated rings. The molecule has 2 N–H and O–H groups in total. The number of halogens is 3. The van der Waals surface area contributed by atoms with E-state index in [2.05, 4.69) is 9.97 Å². The fraction of sp³-hybridized carbons (Fsp3) is 0.231. The average molecular weight is 315 g/mol. The van der Waals surface area contributed by atoms with Gasteiger partial charge in [-0.15, -0.1) is 0 Å². The summed E-state index contributed by atoms with van der Waals surface area (Å²) in [5.41, 5.74) is 5.26. The summed E-state index contributed by atoms with van der Waals surface area (Å²) in [5, 5.41) is -0.00172. The Hall–Kier alpha value is -1.96. The molecule has 0 aliphatic rings. The molecule has 1 heterocycles. The van der Waals surface area contributed by atoms with Crippen LogP contribution in [-0.4, -0.2) is 17.1 Å². The van der Waals surface area contributed by atoms with Crippen LogP contribution in [0.4, 0.5) is 19.0 Å². The summed E-state index contributed by atoms with van der Waals surface area (Å²) in [7, 11) is 1.56. The largest absolute Gasteiger partial charge is 0.497 e. The molecule has 0 radical (unpaired) electrons. The highest BCUT2D eigenvalue weighted by Gasteiger charge is 2.33. The smallest absolute Gasteiger partial charge is 0.433 e. The molecule has 112 valence electrons. The van der Waals surface area contributed by atoms with Gasteiger partial charge < -0.3 is 10.5 Å². The van der Waals surface area contributed by atoms with Crippen LogP contribution in [0.3, 0.4) is 0 Å². The minimum absolute atomic E-state index is 0.00172. The van der Waals surface area contributed by atoms with Gasteiger partial charge in [-0.3, -0.25) is 0 Å². The summed E-state index contributed by atoms with van der Waals surface area (Å²) >= 11 is 1.09. The van der Waals surface area contributed by atoms with Gasteiger partial charge >= 0.3 is 6.18 Å². The molecule has 0 amide bonds. The minimum Gasteiger partial charge on any atom is -0.497 e. The topological polar surface area (TPSA) is 61.0 Å². The van der Waals surface area contributed by atoms with Crippen molar-refractivity contribution in [3.05, 3.63) is 41.6 Å². The normalized spacial score (nSPS) is 11.4. The Bertz CT molecular complexity index is 617. The molecule has 0 aliphatic heterocycles. The molecule has 1 aromatic carbocycles. The molecule has 0 bridgehead atoms. The highest BCUT2D eigenvalue weighted by Crippen LogP contribution is 2.30. The van der Waals surface area contributed by atoms with Crippen molar-refractivity contribution in [2.24, 2.45) is 0 Å². The molecule has 0 atom stereocenters. The SMILES string of the molecule is COc1ccc(CSc2nc(N)cc(C(F)(F)F)n2)cc1. The van der Waals surface area contributed by atoms with Crippen molar-refractivity contribution in [2.75, 3.05) is 12.8 Å². The molecule has 0 saturated carbocycles. The zero-order chi connectivity index (χ0) is 15.5. The van der Waals surface area contributed by atoms with Crippen molar-refractivity contribution < 1.29 is 17.9 Å². The van der Waals surface area contributed by atoms with Crippen molar-refractivity contribution in [3.63, 3.8) is 0 Å². The molecule has 0 spiro atoms. The van der Waals surface area contributed by atoms with Crippen LogP contribution in [0.5, 0.6) is 5.75 Å². The van der Waals surface area contributed by atoms with E-state index in [4.69, 9.17) is 10.5 Å². The Kier molecular flexibility index (Phi) is 4.56. The summed E-state index contributed by atoms with van der Waals surface area (Å²) in [6.07, 6.45) is -4.54. The second-order valence-corrected chi connectivity index (χ2v) is 5.04. The monoisotopic (exact) mass is 315 g/mol. The van der Waals surface area contributed by atoms with Crippen molar-refractivity contribution >= 4 is 17.6 Å². The number of nitrogens with two attached hydrogens (primary N) is 1. The van der Waals surface area contributed by atoms with Crippen molar-refractivity contribution in [1.29, 1.82) is 0 Å².